The number of halogens is 2. The molecular weight excluding hydrogens is 408 g/mol. The van der Waals surface area contributed by atoms with Crippen LogP contribution in [-0.2, 0) is 16.6 Å². The fourth-order valence-corrected chi connectivity index (χ4v) is 5.13. The van der Waals surface area contributed by atoms with Gasteiger partial charge in [-0.3, -0.25) is 4.31 Å². The highest BCUT2D eigenvalue weighted by atomic mass is 32.2. The number of fused-ring (bicyclic) bond motifs is 1. The van der Waals surface area contributed by atoms with Crippen LogP contribution in [0.1, 0.15) is 4.88 Å². The highest BCUT2D eigenvalue weighted by molar-refractivity contribution is 7.92. The van der Waals surface area contributed by atoms with E-state index < -0.39 is 26.6 Å². The summed E-state index contributed by atoms with van der Waals surface area (Å²) in [7, 11) is -4.38. The standard InChI is InChI=1S/C19H15F2NO4S2/c20-13-3-5-16(21)19(10-13)28(23,24)22(12-15-2-1-9-27-15)14-4-6-17-18(11-14)26-8-7-25-17/h1-6,9-11H,7-8,12H2. The van der Waals surface area contributed by atoms with Crippen LogP contribution in [0.5, 0.6) is 11.5 Å². The van der Waals surface area contributed by atoms with Crippen molar-refractivity contribution in [1.29, 1.82) is 0 Å². The van der Waals surface area contributed by atoms with Crippen LogP contribution in [-0.4, -0.2) is 21.6 Å². The van der Waals surface area contributed by atoms with Gasteiger partial charge in [0.2, 0.25) is 0 Å². The maximum Gasteiger partial charge on any atom is 0.267 e. The van der Waals surface area contributed by atoms with Crippen molar-refractivity contribution < 1.29 is 26.7 Å². The van der Waals surface area contributed by atoms with Gasteiger partial charge >= 0.3 is 0 Å². The molecule has 0 saturated heterocycles. The van der Waals surface area contributed by atoms with Crippen molar-refractivity contribution >= 4 is 27.0 Å². The molecule has 1 aliphatic rings. The molecular formula is C19H15F2NO4S2. The first kappa shape index (κ1) is 18.7. The molecule has 0 N–H and O–H groups in total. The Bertz CT molecular complexity index is 1100. The van der Waals surface area contributed by atoms with Gasteiger partial charge in [0.1, 0.15) is 29.7 Å². The number of nitrogens with zero attached hydrogens (tertiary/aromatic N) is 1. The highest BCUT2D eigenvalue weighted by Gasteiger charge is 2.30. The minimum Gasteiger partial charge on any atom is -0.486 e. The van der Waals surface area contributed by atoms with E-state index in [1.165, 1.54) is 17.4 Å². The lowest BCUT2D eigenvalue weighted by Gasteiger charge is -2.26. The van der Waals surface area contributed by atoms with Crippen LogP contribution in [0.15, 0.2) is 58.8 Å². The van der Waals surface area contributed by atoms with Gasteiger partial charge in [0.05, 0.1) is 12.2 Å². The van der Waals surface area contributed by atoms with Crippen molar-refractivity contribution in [2.75, 3.05) is 17.5 Å². The Morgan fingerprint density at radius 3 is 2.54 bits per heavy atom. The number of rotatable bonds is 5. The fourth-order valence-electron chi connectivity index (χ4n) is 2.84. The monoisotopic (exact) mass is 423 g/mol. The number of benzene rings is 2. The predicted octanol–water partition coefficient (Wildman–Crippen LogP) is 4.19. The fraction of sp³-hybridized carbons (Fsp3) is 0.158. The van der Waals surface area contributed by atoms with Gasteiger partial charge in [0.15, 0.2) is 11.5 Å². The van der Waals surface area contributed by atoms with Crippen LogP contribution in [0.4, 0.5) is 14.5 Å². The van der Waals surface area contributed by atoms with Gasteiger partial charge in [-0.25, -0.2) is 17.2 Å². The second kappa shape index (κ2) is 7.40. The topological polar surface area (TPSA) is 55.8 Å². The highest BCUT2D eigenvalue weighted by Crippen LogP contribution is 2.37. The van der Waals surface area contributed by atoms with E-state index in [2.05, 4.69) is 0 Å². The van der Waals surface area contributed by atoms with E-state index in [1.54, 1.807) is 24.3 Å². The summed E-state index contributed by atoms with van der Waals surface area (Å²) in [6, 6.07) is 10.6. The summed E-state index contributed by atoms with van der Waals surface area (Å²) in [4.78, 5) is 0.0224. The van der Waals surface area contributed by atoms with Gasteiger partial charge in [-0.1, -0.05) is 6.07 Å². The minimum atomic E-state index is -4.38. The van der Waals surface area contributed by atoms with Crippen molar-refractivity contribution in [2.24, 2.45) is 0 Å². The Balaban J connectivity index is 1.83. The van der Waals surface area contributed by atoms with Gasteiger partial charge in [-0.2, -0.15) is 0 Å². The van der Waals surface area contributed by atoms with Crippen LogP contribution in [0.2, 0.25) is 0 Å². The number of thiophene rings is 1. The average Bonchev–Trinajstić information content (AvgIpc) is 3.21. The molecule has 9 heteroatoms. The lowest BCUT2D eigenvalue weighted by molar-refractivity contribution is 0.171. The van der Waals surface area contributed by atoms with Gasteiger partial charge < -0.3 is 9.47 Å². The molecule has 0 unspecified atom stereocenters. The first-order valence-corrected chi connectivity index (χ1v) is 10.7. The second-order valence-electron chi connectivity index (χ2n) is 5.99. The molecule has 0 atom stereocenters. The zero-order chi connectivity index (χ0) is 19.7. The Labute approximate surface area is 164 Å². The third kappa shape index (κ3) is 3.55. The Hall–Kier alpha value is -2.65. The summed E-state index contributed by atoms with van der Waals surface area (Å²) in [6.07, 6.45) is 0. The van der Waals surface area contributed by atoms with Crippen LogP contribution in [0, 0.1) is 11.6 Å². The van der Waals surface area contributed by atoms with E-state index in [0.717, 1.165) is 21.3 Å². The SMILES string of the molecule is O=S(=O)(c1cc(F)ccc1F)N(Cc1cccs1)c1ccc2c(c1)OCCO2. The van der Waals surface area contributed by atoms with Crippen molar-refractivity contribution in [3.05, 3.63) is 70.4 Å². The summed E-state index contributed by atoms with van der Waals surface area (Å²) in [5.41, 5.74) is 0.265. The molecule has 3 aromatic rings. The molecule has 0 bridgehead atoms. The van der Waals surface area contributed by atoms with E-state index in [1.807, 2.05) is 5.38 Å². The van der Waals surface area contributed by atoms with E-state index in [4.69, 9.17) is 9.47 Å². The molecule has 0 spiro atoms. The van der Waals surface area contributed by atoms with Crippen LogP contribution >= 0.6 is 11.3 Å². The molecule has 0 aliphatic carbocycles. The molecule has 146 valence electrons. The van der Waals surface area contributed by atoms with Gasteiger partial charge in [0, 0.05) is 10.9 Å². The lowest BCUT2D eigenvalue weighted by atomic mass is 10.2. The maximum absolute atomic E-state index is 14.3. The van der Waals surface area contributed by atoms with Crippen LogP contribution < -0.4 is 13.8 Å². The smallest absolute Gasteiger partial charge is 0.267 e. The number of hydrogen-bond donors (Lipinski definition) is 0. The van der Waals surface area contributed by atoms with Gasteiger partial charge in [-0.05, 0) is 41.8 Å². The molecule has 1 aromatic heterocycles. The van der Waals surface area contributed by atoms with Crippen molar-refractivity contribution in [1.82, 2.24) is 0 Å². The zero-order valence-corrected chi connectivity index (χ0v) is 16.1. The summed E-state index contributed by atoms with van der Waals surface area (Å²) in [5.74, 6) is -0.955. The maximum atomic E-state index is 14.3. The summed E-state index contributed by atoms with van der Waals surface area (Å²) in [6.45, 7) is 0.709. The van der Waals surface area contributed by atoms with Crippen molar-refractivity contribution in [3.63, 3.8) is 0 Å². The van der Waals surface area contributed by atoms with Crippen LogP contribution in [0.25, 0.3) is 0 Å². The number of sulfonamides is 1. The molecule has 1 aliphatic heterocycles. The lowest BCUT2D eigenvalue weighted by Crippen LogP contribution is -2.31. The molecule has 5 nitrogen and oxygen atoms in total. The van der Waals surface area contributed by atoms with Crippen LogP contribution in [0.3, 0.4) is 0 Å². The summed E-state index contributed by atoms with van der Waals surface area (Å²) in [5, 5.41) is 1.81. The number of hydrogen-bond acceptors (Lipinski definition) is 5. The minimum absolute atomic E-state index is 0.0321. The molecule has 0 amide bonds. The molecule has 0 saturated carbocycles. The van der Waals surface area contributed by atoms with E-state index in [-0.39, 0.29) is 12.2 Å². The summed E-state index contributed by atoms with van der Waals surface area (Å²) < 4.78 is 66.5. The quantitative estimate of drug-likeness (QED) is 0.618. The molecule has 2 heterocycles. The van der Waals surface area contributed by atoms with E-state index >= 15 is 0 Å². The predicted molar refractivity (Wildman–Crippen MR) is 101 cm³/mol. The second-order valence-corrected chi connectivity index (χ2v) is 8.86. The molecule has 4 rings (SSSR count). The average molecular weight is 423 g/mol. The number of anilines is 1. The molecule has 0 fully saturated rings. The normalized spacial score (nSPS) is 13.4. The first-order valence-electron chi connectivity index (χ1n) is 8.35. The zero-order valence-electron chi connectivity index (χ0n) is 14.5. The van der Waals surface area contributed by atoms with Crippen molar-refractivity contribution in [2.45, 2.75) is 11.4 Å². The molecule has 2 aromatic carbocycles. The summed E-state index contributed by atoms with van der Waals surface area (Å²) >= 11 is 1.36. The van der Waals surface area contributed by atoms with Gasteiger partial charge in [0.25, 0.3) is 10.0 Å². The van der Waals surface area contributed by atoms with E-state index in [0.29, 0.717) is 30.8 Å². The van der Waals surface area contributed by atoms with Gasteiger partial charge in [-0.15, -0.1) is 11.3 Å². The third-order valence-electron chi connectivity index (χ3n) is 4.15. The first-order chi connectivity index (χ1) is 13.4. The largest absolute Gasteiger partial charge is 0.486 e. The Kier molecular flexibility index (Phi) is 4.94. The number of ether oxygens (including phenoxy) is 2. The van der Waals surface area contributed by atoms with Crippen molar-refractivity contribution in [3.8, 4) is 11.5 Å². The Morgan fingerprint density at radius 2 is 1.79 bits per heavy atom. The third-order valence-corrected chi connectivity index (χ3v) is 6.80. The van der Waals surface area contributed by atoms with E-state index in [9.17, 15) is 17.2 Å². The molecule has 28 heavy (non-hydrogen) atoms. The molecule has 0 radical (unpaired) electrons. The Morgan fingerprint density at radius 1 is 1.00 bits per heavy atom.